The molecular weight excluding hydrogens is 360 g/mol. The molecule has 6 heteroatoms. The van der Waals surface area contributed by atoms with Crippen molar-refractivity contribution in [2.75, 3.05) is 20.0 Å². The molecule has 27 heavy (non-hydrogen) atoms. The summed E-state index contributed by atoms with van der Waals surface area (Å²) in [6.45, 7) is 2.26. The van der Waals surface area contributed by atoms with Crippen LogP contribution in [0, 0.1) is 5.92 Å². The minimum atomic E-state index is -0.122. The molecule has 4 rings (SSSR count). The summed E-state index contributed by atoms with van der Waals surface area (Å²) in [6, 6.07) is 7.28. The van der Waals surface area contributed by atoms with Gasteiger partial charge in [0.25, 0.3) is 0 Å². The highest BCUT2D eigenvalue weighted by Crippen LogP contribution is 2.38. The molecule has 5 nitrogen and oxygen atoms in total. The summed E-state index contributed by atoms with van der Waals surface area (Å²) >= 11 is 1.37. The molecule has 1 aliphatic rings. The fraction of sp³-hybridized carbons (Fsp3) is 0.333. The van der Waals surface area contributed by atoms with Crippen LogP contribution in [0.2, 0.25) is 0 Å². The molecule has 1 aliphatic carbocycles. The first-order chi connectivity index (χ1) is 13.0. The van der Waals surface area contributed by atoms with Crippen molar-refractivity contribution in [3.8, 4) is 11.5 Å². The molecule has 0 saturated heterocycles. The largest absolute Gasteiger partial charge is 0.493 e. The fourth-order valence-electron chi connectivity index (χ4n) is 3.65. The van der Waals surface area contributed by atoms with E-state index >= 15 is 0 Å². The van der Waals surface area contributed by atoms with Gasteiger partial charge in [-0.05, 0) is 55.0 Å². The quantitative estimate of drug-likeness (QED) is 0.683. The first-order valence-electron chi connectivity index (χ1n) is 8.99. The molecule has 0 bridgehead atoms. The molecule has 0 saturated carbocycles. The predicted molar refractivity (Wildman–Crippen MR) is 108 cm³/mol. The average molecular weight is 382 g/mol. The molecular formula is C21H22N2O3S. The molecule has 2 N–H and O–H groups in total. The van der Waals surface area contributed by atoms with E-state index in [2.05, 4.69) is 13.0 Å². The number of ether oxygens (including phenoxy) is 2. The lowest BCUT2D eigenvalue weighted by Gasteiger charge is -2.20. The number of carbonyl (C=O) groups is 1. The number of hydrogen-bond donors (Lipinski definition) is 1. The van der Waals surface area contributed by atoms with E-state index in [1.165, 1.54) is 16.9 Å². The normalized spacial score (nSPS) is 16.2. The number of nitrogens with zero attached hydrogens (tertiary/aromatic N) is 1. The zero-order chi connectivity index (χ0) is 19.1. The van der Waals surface area contributed by atoms with Crippen LogP contribution in [0.4, 0.5) is 5.69 Å². The maximum Gasteiger partial charge on any atom is 0.205 e. The second kappa shape index (κ2) is 6.85. The molecule has 3 aromatic rings. The van der Waals surface area contributed by atoms with Gasteiger partial charge in [-0.25, -0.2) is 4.98 Å². The van der Waals surface area contributed by atoms with Crippen molar-refractivity contribution in [1.82, 2.24) is 4.98 Å². The van der Waals surface area contributed by atoms with Gasteiger partial charge < -0.3 is 15.2 Å². The summed E-state index contributed by atoms with van der Waals surface area (Å²) in [7, 11) is 3.12. The van der Waals surface area contributed by atoms with Crippen molar-refractivity contribution >= 4 is 33.0 Å². The summed E-state index contributed by atoms with van der Waals surface area (Å²) in [5, 5.41) is 0.886. The van der Waals surface area contributed by atoms with Crippen LogP contribution in [0.1, 0.15) is 39.8 Å². The van der Waals surface area contributed by atoms with Gasteiger partial charge in [-0.15, -0.1) is 11.3 Å². The molecule has 0 amide bonds. The zero-order valence-electron chi connectivity index (χ0n) is 15.7. The Hall–Kier alpha value is -2.60. The van der Waals surface area contributed by atoms with Gasteiger partial charge in [0, 0.05) is 16.6 Å². The number of methoxy groups -OCH3 is 2. The number of fused-ring (bicyclic) bond motifs is 2. The van der Waals surface area contributed by atoms with Gasteiger partial charge in [-0.2, -0.15) is 0 Å². The molecule has 140 valence electrons. The number of pyridine rings is 1. The Morgan fingerprint density at radius 3 is 2.74 bits per heavy atom. The summed E-state index contributed by atoms with van der Waals surface area (Å²) in [5.41, 5.74) is 9.81. The van der Waals surface area contributed by atoms with Crippen molar-refractivity contribution < 1.29 is 14.3 Å². The molecule has 1 atom stereocenters. The molecule has 0 fully saturated rings. The number of ketones is 1. The lowest BCUT2D eigenvalue weighted by molar-refractivity contribution is 0.104. The van der Waals surface area contributed by atoms with Crippen molar-refractivity contribution in [3.05, 3.63) is 46.0 Å². The summed E-state index contributed by atoms with van der Waals surface area (Å²) in [5.74, 6) is 1.64. The second-order valence-electron chi connectivity index (χ2n) is 7.04. The van der Waals surface area contributed by atoms with Gasteiger partial charge in [0.05, 0.1) is 19.9 Å². The first kappa shape index (κ1) is 17.8. The monoisotopic (exact) mass is 382 g/mol. The summed E-state index contributed by atoms with van der Waals surface area (Å²) in [6.07, 6.45) is 3.17. The third-order valence-electron chi connectivity index (χ3n) is 5.18. The highest BCUT2D eigenvalue weighted by Gasteiger charge is 2.23. The fourth-order valence-corrected chi connectivity index (χ4v) is 4.71. The molecule has 0 spiro atoms. The Kier molecular flexibility index (Phi) is 4.52. The third-order valence-corrected chi connectivity index (χ3v) is 6.30. The van der Waals surface area contributed by atoms with Crippen molar-refractivity contribution in [1.29, 1.82) is 0 Å². The molecule has 0 radical (unpaired) electrons. The van der Waals surface area contributed by atoms with Crippen LogP contribution < -0.4 is 15.2 Å². The van der Waals surface area contributed by atoms with E-state index < -0.39 is 0 Å². The maximum absolute atomic E-state index is 13.1. The number of nitrogens with two attached hydrogens (primary N) is 1. The first-order valence-corrected chi connectivity index (χ1v) is 9.81. The minimum absolute atomic E-state index is 0.122. The molecule has 2 heterocycles. The number of anilines is 1. The lowest BCUT2D eigenvalue weighted by Crippen LogP contribution is -2.12. The van der Waals surface area contributed by atoms with Crippen LogP contribution in [0.25, 0.3) is 10.2 Å². The predicted octanol–water partition coefficient (Wildman–Crippen LogP) is 4.25. The van der Waals surface area contributed by atoms with E-state index in [1.54, 1.807) is 32.4 Å². The van der Waals surface area contributed by atoms with Gasteiger partial charge in [-0.1, -0.05) is 6.92 Å². The van der Waals surface area contributed by atoms with Crippen LogP contribution in [0.15, 0.2) is 24.3 Å². The number of hydrogen-bond acceptors (Lipinski definition) is 6. The van der Waals surface area contributed by atoms with Gasteiger partial charge in [0.1, 0.15) is 9.71 Å². The van der Waals surface area contributed by atoms with E-state index in [0.29, 0.717) is 33.5 Å². The van der Waals surface area contributed by atoms with Gasteiger partial charge in [0.2, 0.25) is 5.78 Å². The van der Waals surface area contributed by atoms with E-state index in [1.807, 2.05) is 0 Å². The Morgan fingerprint density at radius 1 is 1.22 bits per heavy atom. The topological polar surface area (TPSA) is 74.4 Å². The molecule has 0 aliphatic heterocycles. The Bertz CT molecular complexity index is 1040. The Labute approximate surface area is 162 Å². The number of aryl methyl sites for hydroxylation is 1. The van der Waals surface area contributed by atoms with Crippen LogP contribution in [0.3, 0.4) is 0 Å². The molecule has 1 aromatic carbocycles. The number of carbonyl (C=O) groups excluding carboxylic acids is 1. The standard InChI is InChI=1S/C21H22N2O3S/c1-11-4-6-15-13(8-11)9-14-18(22)20(27-21(14)23-15)19(24)12-5-7-16(25-2)17(10-12)26-3/h5,7,9-11H,4,6,8,22H2,1-3H3. The molecule has 2 aromatic heterocycles. The number of benzene rings is 1. The SMILES string of the molecule is COc1ccc(C(=O)c2sc3nc4c(cc3c2N)CC(C)CC4)cc1OC. The van der Waals surface area contributed by atoms with Gasteiger partial charge in [0.15, 0.2) is 11.5 Å². The Morgan fingerprint density at radius 2 is 2.00 bits per heavy atom. The van der Waals surface area contributed by atoms with Crippen LogP contribution in [0.5, 0.6) is 11.5 Å². The number of thiophene rings is 1. The van der Waals surface area contributed by atoms with E-state index in [9.17, 15) is 4.79 Å². The minimum Gasteiger partial charge on any atom is -0.493 e. The highest BCUT2D eigenvalue weighted by molar-refractivity contribution is 7.21. The van der Waals surface area contributed by atoms with Crippen molar-refractivity contribution in [3.63, 3.8) is 0 Å². The van der Waals surface area contributed by atoms with Crippen LogP contribution >= 0.6 is 11.3 Å². The smallest absolute Gasteiger partial charge is 0.205 e. The van der Waals surface area contributed by atoms with E-state index in [4.69, 9.17) is 20.2 Å². The maximum atomic E-state index is 13.1. The second-order valence-corrected chi connectivity index (χ2v) is 8.04. The van der Waals surface area contributed by atoms with Gasteiger partial charge in [-0.3, -0.25) is 4.79 Å². The Balaban J connectivity index is 1.77. The summed E-state index contributed by atoms with van der Waals surface area (Å²) < 4.78 is 10.6. The van der Waals surface area contributed by atoms with Crippen LogP contribution in [-0.2, 0) is 12.8 Å². The van der Waals surface area contributed by atoms with Crippen LogP contribution in [-0.4, -0.2) is 25.0 Å². The lowest BCUT2D eigenvalue weighted by atomic mass is 9.87. The molecule has 1 unspecified atom stereocenters. The summed E-state index contributed by atoms with van der Waals surface area (Å²) in [4.78, 5) is 19.3. The van der Waals surface area contributed by atoms with E-state index in [0.717, 1.165) is 35.2 Å². The average Bonchev–Trinajstić information content (AvgIpc) is 3.00. The zero-order valence-corrected chi connectivity index (χ0v) is 16.5. The number of nitrogen functional groups attached to an aromatic ring is 1. The third kappa shape index (κ3) is 3.04. The van der Waals surface area contributed by atoms with E-state index in [-0.39, 0.29) is 5.78 Å². The number of aromatic nitrogens is 1. The van der Waals surface area contributed by atoms with Gasteiger partial charge >= 0.3 is 0 Å². The number of rotatable bonds is 4. The van der Waals surface area contributed by atoms with Crippen molar-refractivity contribution in [2.24, 2.45) is 5.92 Å². The highest BCUT2D eigenvalue weighted by atomic mass is 32.1. The van der Waals surface area contributed by atoms with Crippen molar-refractivity contribution in [2.45, 2.75) is 26.2 Å².